The molecule has 0 aliphatic carbocycles. The van der Waals surface area contributed by atoms with Crippen molar-refractivity contribution in [3.63, 3.8) is 0 Å². The van der Waals surface area contributed by atoms with Gasteiger partial charge in [-0.25, -0.2) is 8.42 Å². The van der Waals surface area contributed by atoms with E-state index in [2.05, 4.69) is 31.9 Å². The molecule has 0 saturated carbocycles. The molecule has 0 spiro atoms. The van der Waals surface area contributed by atoms with E-state index in [0.717, 1.165) is 13.1 Å². The Balaban J connectivity index is 2.30. The van der Waals surface area contributed by atoms with Crippen LogP contribution in [0.1, 0.15) is 11.8 Å². The summed E-state index contributed by atoms with van der Waals surface area (Å²) in [5, 5.41) is 0. The van der Waals surface area contributed by atoms with E-state index in [4.69, 9.17) is 0 Å². The zero-order valence-corrected chi connectivity index (χ0v) is 15.5. The first-order valence-electron chi connectivity index (χ1n) is 5.93. The Hall–Kier alpha value is -0.210. The van der Waals surface area contributed by atoms with Crippen molar-refractivity contribution in [2.24, 2.45) is 0 Å². The van der Waals surface area contributed by atoms with Gasteiger partial charge < -0.3 is 0 Å². The van der Waals surface area contributed by atoms with E-state index in [1.54, 1.807) is 29.5 Å². The molecule has 0 amide bonds. The number of hydrogen-bond donors (Lipinski definition) is 0. The summed E-state index contributed by atoms with van der Waals surface area (Å²) in [6, 6.07) is 10.7. The number of rotatable bonds is 5. The summed E-state index contributed by atoms with van der Waals surface area (Å²) in [6.45, 7) is 2.67. The van der Waals surface area contributed by atoms with Crippen LogP contribution >= 0.6 is 43.2 Å². The van der Waals surface area contributed by atoms with Gasteiger partial charge in [-0.3, -0.25) is 0 Å². The van der Waals surface area contributed by atoms with Gasteiger partial charge in [0.2, 0.25) is 10.0 Å². The number of hydrogen-bond acceptors (Lipinski definition) is 3. The maximum absolute atomic E-state index is 12.6. The molecule has 0 unspecified atom stereocenters. The Labute approximate surface area is 139 Å². The third kappa shape index (κ3) is 3.71. The van der Waals surface area contributed by atoms with Crippen molar-refractivity contribution in [2.75, 3.05) is 6.54 Å². The smallest absolute Gasteiger partial charge is 0.207 e. The molecule has 0 saturated heterocycles. The molecule has 2 aromatic rings. The topological polar surface area (TPSA) is 37.4 Å². The molecule has 0 aliphatic rings. The minimum absolute atomic E-state index is 0.310. The molecule has 3 nitrogen and oxygen atoms in total. The van der Waals surface area contributed by atoms with Crippen LogP contribution in [0.2, 0.25) is 0 Å². The van der Waals surface area contributed by atoms with Crippen LogP contribution in [-0.4, -0.2) is 19.3 Å². The second-order valence-corrected chi connectivity index (χ2v) is 9.50. The fourth-order valence-corrected chi connectivity index (χ4v) is 5.36. The number of halogens is 2. The second kappa shape index (κ2) is 6.70. The average molecular weight is 439 g/mol. The molecule has 1 heterocycles. The second-order valence-electron chi connectivity index (χ2n) is 4.09. The minimum atomic E-state index is -3.47. The van der Waals surface area contributed by atoms with Crippen LogP contribution in [0, 0.1) is 0 Å². The van der Waals surface area contributed by atoms with Crippen LogP contribution in [0.3, 0.4) is 0 Å². The van der Waals surface area contributed by atoms with Crippen LogP contribution in [0.4, 0.5) is 0 Å². The third-order valence-corrected chi connectivity index (χ3v) is 6.77. The molecule has 0 N–H and O–H groups in total. The van der Waals surface area contributed by atoms with Gasteiger partial charge in [0.25, 0.3) is 0 Å². The number of nitrogens with zero attached hydrogens (tertiary/aromatic N) is 1. The van der Waals surface area contributed by atoms with Gasteiger partial charge in [0.05, 0.1) is 8.68 Å². The van der Waals surface area contributed by atoms with Gasteiger partial charge in [-0.05, 0) is 46.3 Å². The maximum atomic E-state index is 12.6. The third-order valence-electron chi connectivity index (χ3n) is 2.75. The first-order valence-corrected chi connectivity index (χ1v) is 9.77. The molecular weight excluding hydrogens is 426 g/mol. The number of benzene rings is 1. The van der Waals surface area contributed by atoms with Gasteiger partial charge in [-0.15, -0.1) is 11.3 Å². The van der Waals surface area contributed by atoms with E-state index < -0.39 is 10.0 Å². The molecule has 108 valence electrons. The highest BCUT2D eigenvalue weighted by Gasteiger charge is 2.23. The Bertz CT molecular complexity index is 698. The van der Waals surface area contributed by atoms with Crippen LogP contribution in [0.15, 0.2) is 49.6 Å². The monoisotopic (exact) mass is 437 g/mol. The van der Waals surface area contributed by atoms with E-state index in [1.807, 2.05) is 25.1 Å². The molecule has 1 aromatic carbocycles. The molecule has 20 heavy (non-hydrogen) atoms. The highest BCUT2D eigenvalue weighted by Crippen LogP contribution is 2.26. The summed E-state index contributed by atoms with van der Waals surface area (Å²) in [6.07, 6.45) is 0. The van der Waals surface area contributed by atoms with Gasteiger partial charge in [0, 0.05) is 22.4 Å². The molecular formula is C13H13Br2NO2S2. The highest BCUT2D eigenvalue weighted by atomic mass is 79.9. The Morgan fingerprint density at radius 2 is 1.95 bits per heavy atom. The Kier molecular flexibility index (Phi) is 5.42. The molecule has 7 heteroatoms. The predicted molar refractivity (Wildman–Crippen MR) is 89.4 cm³/mol. The Morgan fingerprint density at radius 3 is 2.50 bits per heavy atom. The quantitative estimate of drug-likeness (QED) is 0.689. The van der Waals surface area contributed by atoms with Crippen molar-refractivity contribution >= 4 is 53.2 Å². The zero-order valence-electron chi connectivity index (χ0n) is 10.7. The predicted octanol–water partition coefficient (Wildman–Crippen LogP) is 4.48. The summed E-state index contributed by atoms with van der Waals surface area (Å²) in [5.41, 5.74) is 0. The molecule has 0 atom stereocenters. The number of thiophene rings is 1. The normalized spacial score (nSPS) is 12.0. The van der Waals surface area contributed by atoms with Crippen molar-refractivity contribution in [1.82, 2.24) is 4.31 Å². The standard InChI is InChI=1S/C13H13Br2NO2S2/c1-2-16(9-11-6-7-13(15)19-11)20(17,18)12-5-3-4-10(14)8-12/h3-8H,2,9H2,1H3. The van der Waals surface area contributed by atoms with Crippen molar-refractivity contribution in [1.29, 1.82) is 0 Å². The van der Waals surface area contributed by atoms with E-state index in [9.17, 15) is 8.42 Å². The van der Waals surface area contributed by atoms with Gasteiger partial charge in [-0.2, -0.15) is 4.31 Å². The molecule has 2 rings (SSSR count). The summed E-state index contributed by atoms with van der Waals surface area (Å²) >= 11 is 8.25. The molecule has 0 aliphatic heterocycles. The van der Waals surface area contributed by atoms with Crippen LogP contribution in [0.5, 0.6) is 0 Å². The van der Waals surface area contributed by atoms with Gasteiger partial charge in [0.1, 0.15) is 0 Å². The van der Waals surface area contributed by atoms with Gasteiger partial charge in [-0.1, -0.05) is 28.9 Å². The fourth-order valence-electron chi connectivity index (χ4n) is 1.75. The number of sulfonamides is 1. The van der Waals surface area contributed by atoms with E-state index >= 15 is 0 Å². The molecule has 0 bridgehead atoms. The van der Waals surface area contributed by atoms with Crippen molar-refractivity contribution < 1.29 is 8.42 Å². The van der Waals surface area contributed by atoms with Crippen LogP contribution in [0.25, 0.3) is 0 Å². The fraction of sp³-hybridized carbons (Fsp3) is 0.231. The zero-order chi connectivity index (χ0) is 14.8. The van der Waals surface area contributed by atoms with Crippen LogP contribution in [-0.2, 0) is 16.6 Å². The van der Waals surface area contributed by atoms with Gasteiger partial charge in [0.15, 0.2) is 0 Å². The summed E-state index contributed by atoms with van der Waals surface area (Å²) in [5.74, 6) is 0. The minimum Gasteiger partial charge on any atom is -0.207 e. The first kappa shape index (κ1) is 16.2. The lowest BCUT2D eigenvalue weighted by atomic mass is 10.4. The first-order chi connectivity index (χ1) is 9.43. The maximum Gasteiger partial charge on any atom is 0.243 e. The molecule has 0 radical (unpaired) electrons. The Morgan fingerprint density at radius 1 is 1.20 bits per heavy atom. The van der Waals surface area contributed by atoms with E-state index in [-0.39, 0.29) is 0 Å². The summed E-state index contributed by atoms with van der Waals surface area (Å²) in [7, 11) is -3.47. The molecule has 1 aromatic heterocycles. The lowest BCUT2D eigenvalue weighted by Crippen LogP contribution is -2.30. The lowest BCUT2D eigenvalue weighted by Gasteiger charge is -2.19. The van der Waals surface area contributed by atoms with E-state index in [1.165, 1.54) is 4.31 Å². The lowest BCUT2D eigenvalue weighted by molar-refractivity contribution is 0.426. The largest absolute Gasteiger partial charge is 0.243 e. The summed E-state index contributed by atoms with van der Waals surface area (Å²) in [4.78, 5) is 1.32. The molecule has 0 fully saturated rings. The highest BCUT2D eigenvalue weighted by molar-refractivity contribution is 9.11. The van der Waals surface area contributed by atoms with Gasteiger partial charge >= 0.3 is 0 Å². The van der Waals surface area contributed by atoms with Crippen molar-refractivity contribution in [2.45, 2.75) is 18.4 Å². The SMILES string of the molecule is CCN(Cc1ccc(Br)s1)S(=O)(=O)c1cccc(Br)c1. The summed E-state index contributed by atoms with van der Waals surface area (Å²) < 4.78 is 28.5. The van der Waals surface area contributed by atoms with Crippen LogP contribution < -0.4 is 0 Å². The average Bonchev–Trinajstić information content (AvgIpc) is 2.81. The van der Waals surface area contributed by atoms with Crippen molar-refractivity contribution in [3.8, 4) is 0 Å². The van der Waals surface area contributed by atoms with E-state index in [0.29, 0.717) is 18.0 Å². The van der Waals surface area contributed by atoms with Crippen molar-refractivity contribution in [3.05, 3.63) is 49.5 Å².